The van der Waals surface area contributed by atoms with Crippen molar-refractivity contribution in [1.82, 2.24) is 0 Å². The van der Waals surface area contributed by atoms with E-state index in [-0.39, 0.29) is 5.25 Å². The molecule has 1 unspecified atom stereocenters. The van der Waals surface area contributed by atoms with Crippen molar-refractivity contribution >= 4 is 23.9 Å². The van der Waals surface area contributed by atoms with Crippen LogP contribution in [0.4, 0.5) is 5.69 Å². The Morgan fingerprint density at radius 3 is 2.61 bits per heavy atom. The van der Waals surface area contributed by atoms with Crippen molar-refractivity contribution in [1.29, 1.82) is 0 Å². The third-order valence-corrected chi connectivity index (χ3v) is 5.26. The molecule has 0 bridgehead atoms. The lowest BCUT2D eigenvalue weighted by Gasteiger charge is -2.33. The molecule has 1 amide bonds. The third-order valence-electron chi connectivity index (χ3n) is 3.96. The summed E-state index contributed by atoms with van der Waals surface area (Å²) in [4.78, 5) is 14.4. The van der Waals surface area contributed by atoms with Gasteiger partial charge in [-0.25, -0.2) is 0 Å². The summed E-state index contributed by atoms with van der Waals surface area (Å²) in [7, 11) is 3.27. The van der Waals surface area contributed by atoms with Gasteiger partial charge in [-0.05, 0) is 18.6 Å². The van der Waals surface area contributed by atoms with Gasteiger partial charge in [0.2, 0.25) is 6.41 Å². The van der Waals surface area contributed by atoms with Crippen LogP contribution in [0.25, 0.3) is 0 Å². The predicted octanol–water partition coefficient (Wildman–Crippen LogP) is 3.90. The molecule has 0 radical (unpaired) electrons. The first-order valence-electron chi connectivity index (χ1n) is 7.46. The Morgan fingerprint density at radius 1 is 1.17 bits per heavy atom. The molecule has 0 N–H and O–H groups in total. The molecule has 1 aliphatic rings. The Bertz CT molecular complexity index is 690. The van der Waals surface area contributed by atoms with Gasteiger partial charge in [0, 0.05) is 34.4 Å². The molecule has 1 aliphatic heterocycles. The number of benzene rings is 2. The lowest BCUT2D eigenvalue weighted by Crippen LogP contribution is -2.29. The predicted molar refractivity (Wildman–Crippen MR) is 92.6 cm³/mol. The molecule has 120 valence electrons. The molecular weight excluding hydrogens is 310 g/mol. The maximum absolute atomic E-state index is 11.4. The van der Waals surface area contributed by atoms with Gasteiger partial charge in [-0.15, -0.1) is 11.8 Å². The zero-order valence-corrected chi connectivity index (χ0v) is 14.0. The van der Waals surface area contributed by atoms with E-state index in [4.69, 9.17) is 9.47 Å². The van der Waals surface area contributed by atoms with E-state index in [9.17, 15) is 4.79 Å². The minimum Gasteiger partial charge on any atom is -0.497 e. The average molecular weight is 329 g/mol. The molecule has 0 spiro atoms. The molecule has 3 rings (SSSR count). The minimum atomic E-state index is 0.240. The zero-order chi connectivity index (χ0) is 16.2. The monoisotopic (exact) mass is 329 g/mol. The normalized spacial score (nSPS) is 16.6. The maximum Gasteiger partial charge on any atom is 0.214 e. The number of nitrogens with zero attached hydrogens (tertiary/aromatic N) is 1. The van der Waals surface area contributed by atoms with Crippen LogP contribution in [0.2, 0.25) is 0 Å². The maximum atomic E-state index is 11.4. The summed E-state index contributed by atoms with van der Waals surface area (Å²) in [6.07, 6.45) is 1.76. The Kier molecular flexibility index (Phi) is 4.76. The molecular formula is C18H19NO3S. The number of hydrogen-bond donors (Lipinski definition) is 0. The summed E-state index contributed by atoms with van der Waals surface area (Å²) in [5.41, 5.74) is 1.93. The van der Waals surface area contributed by atoms with E-state index in [1.807, 2.05) is 30.3 Å². The van der Waals surface area contributed by atoms with Crippen LogP contribution in [-0.4, -0.2) is 27.2 Å². The van der Waals surface area contributed by atoms with Crippen molar-refractivity contribution in [3.8, 4) is 11.5 Å². The van der Waals surface area contributed by atoms with Crippen LogP contribution in [0.1, 0.15) is 17.2 Å². The molecule has 0 saturated carbocycles. The van der Waals surface area contributed by atoms with Crippen LogP contribution < -0.4 is 14.4 Å². The van der Waals surface area contributed by atoms with Gasteiger partial charge in [0.25, 0.3) is 0 Å². The first-order valence-corrected chi connectivity index (χ1v) is 8.34. The summed E-state index contributed by atoms with van der Waals surface area (Å²) in [6, 6.07) is 14.1. The molecule has 1 atom stereocenters. The van der Waals surface area contributed by atoms with Crippen molar-refractivity contribution in [3.63, 3.8) is 0 Å². The number of fused-ring (bicyclic) bond motifs is 1. The Balaban J connectivity index is 2.04. The van der Waals surface area contributed by atoms with E-state index >= 15 is 0 Å². The minimum absolute atomic E-state index is 0.240. The number of hydrogen-bond acceptors (Lipinski definition) is 4. The number of methoxy groups -OCH3 is 2. The van der Waals surface area contributed by atoms with E-state index in [0.29, 0.717) is 12.3 Å². The van der Waals surface area contributed by atoms with E-state index in [1.165, 1.54) is 4.90 Å². The van der Waals surface area contributed by atoms with Crippen LogP contribution in [0.5, 0.6) is 11.5 Å². The Morgan fingerprint density at radius 2 is 1.96 bits per heavy atom. The van der Waals surface area contributed by atoms with E-state index in [0.717, 1.165) is 29.8 Å². The Labute approximate surface area is 140 Å². The van der Waals surface area contributed by atoms with Crippen molar-refractivity contribution in [2.75, 3.05) is 25.7 Å². The van der Waals surface area contributed by atoms with E-state index < -0.39 is 0 Å². The van der Waals surface area contributed by atoms with Crippen LogP contribution >= 0.6 is 11.8 Å². The molecule has 4 nitrogen and oxygen atoms in total. The largest absolute Gasteiger partial charge is 0.497 e. The molecule has 5 heteroatoms. The van der Waals surface area contributed by atoms with Crippen LogP contribution in [0, 0.1) is 0 Å². The fourth-order valence-electron chi connectivity index (χ4n) is 2.85. The number of carbonyl (C=O) groups is 1. The van der Waals surface area contributed by atoms with Crippen molar-refractivity contribution in [2.24, 2.45) is 0 Å². The second-order valence-electron chi connectivity index (χ2n) is 5.27. The van der Waals surface area contributed by atoms with Crippen LogP contribution in [0.3, 0.4) is 0 Å². The summed E-state index contributed by atoms with van der Waals surface area (Å²) < 4.78 is 10.9. The van der Waals surface area contributed by atoms with Gasteiger partial charge in [-0.2, -0.15) is 0 Å². The number of ether oxygens (including phenoxy) is 2. The molecule has 2 aromatic rings. The van der Waals surface area contributed by atoms with Crippen LogP contribution in [-0.2, 0) is 4.79 Å². The van der Waals surface area contributed by atoms with Crippen molar-refractivity contribution < 1.29 is 14.3 Å². The average Bonchev–Trinajstić information content (AvgIpc) is 2.61. The SMILES string of the molecule is COc1cc(OC)c2c(c1)N(C=O)CCC2Sc1ccccc1. The Hall–Kier alpha value is -2.14. The van der Waals surface area contributed by atoms with Gasteiger partial charge in [0.15, 0.2) is 0 Å². The lowest BCUT2D eigenvalue weighted by atomic mass is 10.00. The standard InChI is InChI=1S/C18H19NO3S/c1-21-13-10-15-18(16(11-13)22-2)17(8-9-19(15)12-20)23-14-6-4-3-5-7-14/h3-7,10-12,17H,8-9H2,1-2H3. The van der Waals surface area contributed by atoms with Gasteiger partial charge >= 0.3 is 0 Å². The number of thioether (sulfide) groups is 1. The number of anilines is 1. The molecule has 0 saturated heterocycles. The molecule has 23 heavy (non-hydrogen) atoms. The molecule has 0 fully saturated rings. The van der Waals surface area contributed by atoms with Gasteiger partial charge in [-0.3, -0.25) is 4.79 Å². The molecule has 0 aromatic heterocycles. The summed E-state index contributed by atoms with van der Waals surface area (Å²) in [5.74, 6) is 1.46. The second kappa shape index (κ2) is 6.96. The summed E-state index contributed by atoms with van der Waals surface area (Å²) in [5, 5.41) is 0.240. The molecule has 1 heterocycles. The highest BCUT2D eigenvalue weighted by Gasteiger charge is 2.30. The molecule has 0 aliphatic carbocycles. The third kappa shape index (κ3) is 3.15. The van der Waals surface area contributed by atoms with Gasteiger partial charge in [0.05, 0.1) is 19.9 Å². The van der Waals surface area contributed by atoms with Gasteiger partial charge in [-0.1, -0.05) is 18.2 Å². The number of amides is 1. The van der Waals surface area contributed by atoms with Gasteiger partial charge in [0.1, 0.15) is 11.5 Å². The first kappa shape index (κ1) is 15.7. The van der Waals surface area contributed by atoms with E-state index in [2.05, 4.69) is 12.1 Å². The van der Waals surface area contributed by atoms with Crippen molar-refractivity contribution in [3.05, 3.63) is 48.0 Å². The highest BCUT2D eigenvalue weighted by atomic mass is 32.2. The van der Waals surface area contributed by atoms with E-state index in [1.54, 1.807) is 30.9 Å². The summed E-state index contributed by atoms with van der Waals surface area (Å²) in [6.45, 7) is 0.692. The van der Waals surface area contributed by atoms with Crippen LogP contribution in [0.15, 0.2) is 47.4 Å². The molecule has 2 aromatic carbocycles. The second-order valence-corrected chi connectivity index (χ2v) is 6.55. The lowest BCUT2D eigenvalue weighted by molar-refractivity contribution is -0.107. The fraction of sp³-hybridized carbons (Fsp3) is 0.278. The van der Waals surface area contributed by atoms with Crippen molar-refractivity contribution in [2.45, 2.75) is 16.6 Å². The highest BCUT2D eigenvalue weighted by Crippen LogP contribution is 2.50. The highest BCUT2D eigenvalue weighted by molar-refractivity contribution is 7.99. The zero-order valence-electron chi connectivity index (χ0n) is 13.2. The number of rotatable bonds is 5. The summed E-state index contributed by atoms with van der Waals surface area (Å²) >= 11 is 1.80. The first-order chi connectivity index (χ1) is 11.3. The van der Waals surface area contributed by atoms with Gasteiger partial charge < -0.3 is 14.4 Å². The fourth-order valence-corrected chi connectivity index (χ4v) is 4.07. The smallest absolute Gasteiger partial charge is 0.214 e. The topological polar surface area (TPSA) is 38.8 Å². The quantitative estimate of drug-likeness (QED) is 0.780. The number of carbonyl (C=O) groups excluding carboxylic acids is 1.